The highest BCUT2D eigenvalue weighted by Crippen LogP contribution is 2.16. The Hall–Kier alpha value is -2.23. The second-order valence-electron chi connectivity index (χ2n) is 3.70. The van der Waals surface area contributed by atoms with Gasteiger partial charge in [0.05, 0.1) is 13.7 Å². The number of amides is 1. The Morgan fingerprint density at radius 2 is 1.89 bits per heavy atom. The molecule has 0 unspecified atom stereocenters. The molecule has 1 aromatic carbocycles. The van der Waals surface area contributed by atoms with E-state index in [4.69, 9.17) is 9.47 Å². The van der Waals surface area contributed by atoms with Crippen molar-refractivity contribution in [2.75, 3.05) is 20.3 Å². The second kappa shape index (κ2) is 8.80. The molecule has 4 heteroatoms. The van der Waals surface area contributed by atoms with Gasteiger partial charge in [-0.3, -0.25) is 4.79 Å². The van der Waals surface area contributed by atoms with E-state index < -0.39 is 0 Å². The molecule has 0 aromatic heterocycles. The van der Waals surface area contributed by atoms with Gasteiger partial charge in [-0.2, -0.15) is 0 Å². The third kappa shape index (κ3) is 6.31. The normalized spacial score (nSPS) is 10.8. The maximum atomic E-state index is 11.3. The van der Waals surface area contributed by atoms with Crippen LogP contribution in [0.15, 0.2) is 48.6 Å². The largest absolute Gasteiger partial charge is 0.497 e. The van der Waals surface area contributed by atoms with Crippen LogP contribution < -0.4 is 14.8 Å². The summed E-state index contributed by atoms with van der Waals surface area (Å²) in [6.07, 6.45) is 6.83. The average molecular weight is 261 g/mol. The van der Waals surface area contributed by atoms with Gasteiger partial charge < -0.3 is 14.8 Å². The average Bonchev–Trinajstić information content (AvgIpc) is 2.44. The lowest BCUT2D eigenvalue weighted by Gasteiger charge is -2.07. The molecule has 0 aliphatic heterocycles. The van der Waals surface area contributed by atoms with Gasteiger partial charge in [-0.05, 0) is 31.2 Å². The van der Waals surface area contributed by atoms with Crippen LogP contribution in [-0.4, -0.2) is 26.2 Å². The van der Waals surface area contributed by atoms with Gasteiger partial charge in [0.15, 0.2) is 0 Å². The van der Waals surface area contributed by atoms with Crippen LogP contribution >= 0.6 is 0 Å². The van der Waals surface area contributed by atoms with Gasteiger partial charge >= 0.3 is 0 Å². The van der Waals surface area contributed by atoms with Crippen LogP contribution in [0.2, 0.25) is 0 Å². The fourth-order valence-corrected chi connectivity index (χ4v) is 1.33. The molecular formula is C15H19NO3. The molecule has 19 heavy (non-hydrogen) atoms. The van der Waals surface area contributed by atoms with E-state index in [0.29, 0.717) is 13.2 Å². The summed E-state index contributed by atoms with van der Waals surface area (Å²) in [6.45, 7) is 2.78. The van der Waals surface area contributed by atoms with Crippen molar-refractivity contribution in [1.29, 1.82) is 0 Å². The summed E-state index contributed by atoms with van der Waals surface area (Å²) in [7, 11) is 1.62. The van der Waals surface area contributed by atoms with Gasteiger partial charge in [0.1, 0.15) is 18.1 Å². The molecule has 102 valence electrons. The van der Waals surface area contributed by atoms with Gasteiger partial charge in [0, 0.05) is 6.08 Å². The highest BCUT2D eigenvalue weighted by Gasteiger charge is 1.96. The van der Waals surface area contributed by atoms with Gasteiger partial charge in [-0.15, -0.1) is 0 Å². The Kier molecular flexibility index (Phi) is 6.87. The van der Waals surface area contributed by atoms with Gasteiger partial charge in [0.25, 0.3) is 0 Å². The molecule has 0 saturated carbocycles. The number of ether oxygens (including phenoxy) is 2. The van der Waals surface area contributed by atoms with Crippen LogP contribution in [0.25, 0.3) is 0 Å². The van der Waals surface area contributed by atoms with Gasteiger partial charge in [0.2, 0.25) is 5.91 Å². The molecule has 1 N–H and O–H groups in total. The summed E-state index contributed by atoms with van der Waals surface area (Å²) in [5.74, 6) is 1.41. The van der Waals surface area contributed by atoms with Crippen LogP contribution in [0, 0.1) is 0 Å². The lowest BCUT2D eigenvalue weighted by molar-refractivity contribution is -0.116. The van der Waals surface area contributed by atoms with Crippen molar-refractivity contribution in [3.05, 3.63) is 48.6 Å². The first-order chi connectivity index (χ1) is 9.26. The molecule has 4 nitrogen and oxygen atoms in total. The van der Waals surface area contributed by atoms with Crippen molar-refractivity contribution in [1.82, 2.24) is 5.32 Å². The molecule has 0 aliphatic carbocycles. The van der Waals surface area contributed by atoms with Crippen molar-refractivity contribution < 1.29 is 14.3 Å². The zero-order valence-electron chi connectivity index (χ0n) is 11.3. The van der Waals surface area contributed by atoms with Crippen molar-refractivity contribution in [2.45, 2.75) is 6.92 Å². The first kappa shape index (κ1) is 14.8. The zero-order chi connectivity index (χ0) is 13.9. The molecule has 0 spiro atoms. The molecule has 1 rings (SSSR count). The Bertz CT molecular complexity index is 435. The molecule has 1 aromatic rings. The maximum absolute atomic E-state index is 11.3. The summed E-state index contributed by atoms with van der Waals surface area (Å²) in [4.78, 5) is 11.3. The minimum Gasteiger partial charge on any atom is -0.497 e. The van der Waals surface area contributed by atoms with Crippen LogP contribution in [0.4, 0.5) is 0 Å². The first-order valence-electron chi connectivity index (χ1n) is 6.10. The maximum Gasteiger partial charge on any atom is 0.244 e. The number of rotatable bonds is 7. The summed E-state index contributed by atoms with van der Waals surface area (Å²) in [5.41, 5.74) is 0. The van der Waals surface area contributed by atoms with Crippen LogP contribution in [0.5, 0.6) is 11.5 Å². The molecular weight excluding hydrogens is 242 g/mol. The Labute approximate surface area is 113 Å². The zero-order valence-corrected chi connectivity index (χ0v) is 11.3. The summed E-state index contributed by atoms with van der Waals surface area (Å²) >= 11 is 0. The molecule has 0 atom stereocenters. The molecule has 0 radical (unpaired) electrons. The number of hydrogen-bond donors (Lipinski definition) is 1. The molecule has 0 aliphatic rings. The molecule has 0 fully saturated rings. The number of allylic oxidation sites excluding steroid dienone is 3. The second-order valence-corrected chi connectivity index (χ2v) is 3.70. The Balaban J connectivity index is 2.21. The minimum absolute atomic E-state index is 0.128. The van der Waals surface area contributed by atoms with E-state index in [1.165, 1.54) is 6.08 Å². The predicted molar refractivity (Wildman–Crippen MR) is 75.5 cm³/mol. The molecule has 0 heterocycles. The number of methoxy groups -OCH3 is 1. The number of carbonyl (C=O) groups is 1. The van der Waals surface area contributed by atoms with Crippen molar-refractivity contribution >= 4 is 5.91 Å². The number of hydrogen-bond acceptors (Lipinski definition) is 3. The van der Waals surface area contributed by atoms with E-state index in [0.717, 1.165) is 11.5 Å². The molecule has 0 bridgehead atoms. The van der Waals surface area contributed by atoms with Gasteiger partial charge in [-0.25, -0.2) is 0 Å². The summed E-state index contributed by atoms with van der Waals surface area (Å²) < 4.78 is 10.5. The van der Waals surface area contributed by atoms with Crippen LogP contribution in [-0.2, 0) is 4.79 Å². The third-order valence-corrected chi connectivity index (χ3v) is 2.28. The highest BCUT2D eigenvalue weighted by molar-refractivity contribution is 5.87. The smallest absolute Gasteiger partial charge is 0.244 e. The number of nitrogens with one attached hydrogen (secondary N) is 1. The van der Waals surface area contributed by atoms with E-state index in [1.54, 1.807) is 19.3 Å². The van der Waals surface area contributed by atoms with E-state index >= 15 is 0 Å². The third-order valence-electron chi connectivity index (χ3n) is 2.28. The topological polar surface area (TPSA) is 47.6 Å². The number of benzene rings is 1. The van der Waals surface area contributed by atoms with E-state index in [1.807, 2.05) is 37.3 Å². The monoisotopic (exact) mass is 261 g/mol. The standard InChI is InChI=1S/C15H19NO3/c1-3-4-5-6-15(17)16-11-12-19-14-9-7-13(18-2)8-10-14/h3-10H,11-12H2,1-2H3,(H,16,17)/b4-3+,6-5+. The lowest BCUT2D eigenvalue weighted by atomic mass is 10.3. The van der Waals surface area contributed by atoms with Crippen LogP contribution in [0.1, 0.15) is 6.92 Å². The fraction of sp³-hybridized carbons (Fsp3) is 0.267. The van der Waals surface area contributed by atoms with Crippen molar-refractivity contribution in [3.8, 4) is 11.5 Å². The van der Waals surface area contributed by atoms with E-state index in [2.05, 4.69) is 5.32 Å². The van der Waals surface area contributed by atoms with Crippen molar-refractivity contribution in [3.63, 3.8) is 0 Å². The molecule has 0 saturated heterocycles. The SMILES string of the molecule is C/C=C/C=C/C(=O)NCCOc1ccc(OC)cc1. The lowest BCUT2D eigenvalue weighted by Crippen LogP contribution is -2.26. The Morgan fingerprint density at radius 3 is 2.53 bits per heavy atom. The number of carbonyl (C=O) groups excluding carboxylic acids is 1. The van der Waals surface area contributed by atoms with E-state index in [9.17, 15) is 4.79 Å². The van der Waals surface area contributed by atoms with Crippen LogP contribution in [0.3, 0.4) is 0 Å². The molecule has 1 amide bonds. The Morgan fingerprint density at radius 1 is 1.21 bits per heavy atom. The van der Waals surface area contributed by atoms with Gasteiger partial charge in [-0.1, -0.05) is 18.2 Å². The quantitative estimate of drug-likeness (QED) is 0.465. The minimum atomic E-state index is -0.128. The first-order valence-corrected chi connectivity index (χ1v) is 6.10. The van der Waals surface area contributed by atoms with E-state index in [-0.39, 0.29) is 5.91 Å². The highest BCUT2D eigenvalue weighted by atomic mass is 16.5. The fourth-order valence-electron chi connectivity index (χ4n) is 1.33. The summed E-state index contributed by atoms with van der Waals surface area (Å²) in [6, 6.07) is 7.31. The van der Waals surface area contributed by atoms with Crippen molar-refractivity contribution in [2.24, 2.45) is 0 Å². The predicted octanol–water partition coefficient (Wildman–Crippen LogP) is 2.32. The summed E-state index contributed by atoms with van der Waals surface area (Å²) in [5, 5.41) is 2.73.